The Labute approximate surface area is 92.7 Å². The molecule has 16 heavy (non-hydrogen) atoms. The van der Waals surface area contributed by atoms with Gasteiger partial charge in [0.05, 0.1) is 6.54 Å². The van der Waals surface area contributed by atoms with Crippen molar-refractivity contribution in [1.82, 2.24) is 10.9 Å². The van der Waals surface area contributed by atoms with Gasteiger partial charge in [-0.1, -0.05) is 30.3 Å². The number of carbonyl (C=O) groups excluding carboxylic acids is 2. The van der Waals surface area contributed by atoms with E-state index in [2.05, 4.69) is 10.9 Å². The van der Waals surface area contributed by atoms with E-state index in [0.29, 0.717) is 0 Å². The van der Waals surface area contributed by atoms with Crippen LogP contribution in [0, 0.1) is 0 Å². The molecule has 4 N–H and O–H groups in total. The smallest absolute Gasteiger partial charge is 0.426 e. The molecule has 0 saturated carbocycles. The minimum Gasteiger partial charge on any atom is -0.443 e. The van der Waals surface area contributed by atoms with Gasteiger partial charge >= 0.3 is 6.09 Å². The Hall–Kier alpha value is -2.08. The first-order valence-electron chi connectivity index (χ1n) is 4.68. The van der Waals surface area contributed by atoms with E-state index in [1.165, 1.54) is 0 Å². The summed E-state index contributed by atoms with van der Waals surface area (Å²) in [7, 11) is 0. The lowest BCUT2D eigenvalue weighted by atomic mass is 10.2. The van der Waals surface area contributed by atoms with Gasteiger partial charge in [-0.05, 0) is 5.56 Å². The van der Waals surface area contributed by atoms with Gasteiger partial charge < -0.3 is 10.5 Å². The Morgan fingerprint density at radius 1 is 1.19 bits per heavy atom. The summed E-state index contributed by atoms with van der Waals surface area (Å²) in [5, 5.41) is 0. The van der Waals surface area contributed by atoms with Gasteiger partial charge in [0, 0.05) is 0 Å². The molecule has 0 unspecified atom stereocenters. The number of benzene rings is 1. The van der Waals surface area contributed by atoms with Gasteiger partial charge in [0.25, 0.3) is 5.91 Å². The number of nitrogens with two attached hydrogens (primary N) is 1. The second kappa shape index (κ2) is 6.41. The molecule has 0 aliphatic heterocycles. The fraction of sp³-hybridized carbons (Fsp3) is 0.200. The molecule has 0 atom stereocenters. The highest BCUT2D eigenvalue weighted by Gasteiger charge is 2.03. The Morgan fingerprint density at radius 3 is 2.50 bits per heavy atom. The molecule has 1 aromatic rings. The second-order valence-corrected chi connectivity index (χ2v) is 2.94. The lowest BCUT2D eigenvalue weighted by Gasteiger charge is -2.07. The van der Waals surface area contributed by atoms with Crippen molar-refractivity contribution in [3.05, 3.63) is 35.9 Å². The first-order valence-corrected chi connectivity index (χ1v) is 4.68. The maximum Gasteiger partial charge on any atom is 0.426 e. The maximum absolute atomic E-state index is 11.0. The van der Waals surface area contributed by atoms with Crippen LogP contribution < -0.4 is 16.6 Å². The molecule has 2 amide bonds. The molecule has 1 rings (SSSR count). The van der Waals surface area contributed by atoms with Crippen LogP contribution in [-0.4, -0.2) is 18.5 Å². The van der Waals surface area contributed by atoms with Crippen LogP contribution in [0.3, 0.4) is 0 Å². The fourth-order valence-corrected chi connectivity index (χ4v) is 0.931. The van der Waals surface area contributed by atoms with E-state index in [1.54, 1.807) is 0 Å². The average molecular weight is 223 g/mol. The normalized spacial score (nSPS) is 9.31. The number of amides is 2. The lowest BCUT2D eigenvalue weighted by Crippen LogP contribution is -2.44. The van der Waals surface area contributed by atoms with Gasteiger partial charge in [-0.3, -0.25) is 10.2 Å². The zero-order valence-corrected chi connectivity index (χ0v) is 8.60. The molecule has 0 aliphatic rings. The fourth-order valence-electron chi connectivity index (χ4n) is 0.931. The summed E-state index contributed by atoms with van der Waals surface area (Å²) in [5.74, 6) is -0.489. The van der Waals surface area contributed by atoms with Crippen LogP contribution in [0.1, 0.15) is 5.56 Å². The summed E-state index contributed by atoms with van der Waals surface area (Å²) >= 11 is 0. The number of hydrazine groups is 1. The van der Waals surface area contributed by atoms with E-state index in [0.717, 1.165) is 5.56 Å². The van der Waals surface area contributed by atoms with Crippen molar-refractivity contribution in [3.8, 4) is 0 Å². The van der Waals surface area contributed by atoms with E-state index in [-0.39, 0.29) is 13.2 Å². The topological polar surface area (TPSA) is 93.5 Å². The Morgan fingerprint density at radius 2 is 1.88 bits per heavy atom. The van der Waals surface area contributed by atoms with Gasteiger partial charge in [-0.15, -0.1) is 0 Å². The van der Waals surface area contributed by atoms with E-state index in [1.807, 2.05) is 30.3 Å². The van der Waals surface area contributed by atoms with Crippen LogP contribution in [0.4, 0.5) is 4.79 Å². The first-order chi connectivity index (χ1) is 7.72. The van der Waals surface area contributed by atoms with Gasteiger partial charge in [0.15, 0.2) is 0 Å². The van der Waals surface area contributed by atoms with E-state index in [4.69, 9.17) is 10.5 Å². The van der Waals surface area contributed by atoms with Crippen LogP contribution in [-0.2, 0) is 16.1 Å². The summed E-state index contributed by atoms with van der Waals surface area (Å²) in [6, 6.07) is 9.20. The predicted molar refractivity (Wildman–Crippen MR) is 57.0 cm³/mol. The number of hydrogen-bond donors (Lipinski definition) is 3. The van der Waals surface area contributed by atoms with Gasteiger partial charge in [-0.2, -0.15) is 0 Å². The van der Waals surface area contributed by atoms with E-state index >= 15 is 0 Å². The van der Waals surface area contributed by atoms with Crippen molar-refractivity contribution < 1.29 is 14.3 Å². The third-order valence-electron chi connectivity index (χ3n) is 1.70. The highest BCUT2D eigenvalue weighted by atomic mass is 16.6. The van der Waals surface area contributed by atoms with Crippen molar-refractivity contribution >= 4 is 12.0 Å². The zero-order valence-electron chi connectivity index (χ0n) is 8.60. The average Bonchev–Trinajstić information content (AvgIpc) is 2.34. The Balaban J connectivity index is 2.23. The minimum absolute atomic E-state index is 0.144. The summed E-state index contributed by atoms with van der Waals surface area (Å²) in [6.45, 7) is -0.0515. The molecular weight excluding hydrogens is 210 g/mol. The highest BCUT2D eigenvalue weighted by molar-refractivity contribution is 5.80. The van der Waals surface area contributed by atoms with Crippen molar-refractivity contribution in [3.63, 3.8) is 0 Å². The van der Waals surface area contributed by atoms with Crippen molar-refractivity contribution in [2.24, 2.45) is 5.73 Å². The maximum atomic E-state index is 11.0. The standard InChI is InChI=1S/C10H13N3O3/c11-6-9(14)12-13-10(15)16-7-8-4-2-1-3-5-8/h1-5H,6-7,11H2,(H,12,14)(H,13,15). The molecule has 0 radical (unpaired) electrons. The quantitative estimate of drug-likeness (QED) is 0.624. The monoisotopic (exact) mass is 223 g/mol. The summed E-state index contributed by atoms with van der Waals surface area (Å²) in [6.07, 6.45) is -0.731. The second-order valence-electron chi connectivity index (χ2n) is 2.94. The van der Waals surface area contributed by atoms with E-state index < -0.39 is 12.0 Å². The molecule has 0 bridgehead atoms. The van der Waals surface area contributed by atoms with Gasteiger partial charge in [0.1, 0.15) is 6.61 Å². The molecule has 1 aromatic carbocycles. The highest BCUT2D eigenvalue weighted by Crippen LogP contribution is 1.99. The van der Waals surface area contributed by atoms with Gasteiger partial charge in [0.2, 0.25) is 0 Å². The Kier molecular flexibility index (Phi) is 4.81. The minimum atomic E-state index is -0.731. The van der Waals surface area contributed by atoms with Crippen LogP contribution in [0.5, 0.6) is 0 Å². The molecule has 0 saturated heterocycles. The Bertz CT molecular complexity index is 354. The molecule has 6 nitrogen and oxygen atoms in total. The molecule has 6 heteroatoms. The van der Waals surface area contributed by atoms with Crippen molar-refractivity contribution in [2.45, 2.75) is 6.61 Å². The number of rotatable bonds is 3. The van der Waals surface area contributed by atoms with Crippen LogP contribution in [0.25, 0.3) is 0 Å². The number of hydrogen-bond acceptors (Lipinski definition) is 4. The number of carbonyl (C=O) groups is 2. The summed E-state index contributed by atoms with van der Waals surface area (Å²) in [4.78, 5) is 21.7. The first kappa shape index (κ1) is 12.0. The summed E-state index contributed by atoms with van der Waals surface area (Å²) in [5.41, 5.74) is 10.0. The molecule has 86 valence electrons. The van der Waals surface area contributed by atoms with Crippen molar-refractivity contribution in [2.75, 3.05) is 6.54 Å². The number of nitrogens with one attached hydrogen (secondary N) is 2. The molecule has 0 spiro atoms. The molecule has 0 aromatic heterocycles. The number of ether oxygens (including phenoxy) is 1. The van der Waals surface area contributed by atoms with Gasteiger partial charge in [-0.25, -0.2) is 10.2 Å². The third kappa shape index (κ3) is 4.43. The predicted octanol–water partition coefficient (Wildman–Crippen LogP) is -0.0973. The van der Waals surface area contributed by atoms with Crippen LogP contribution in [0.2, 0.25) is 0 Å². The molecule has 0 heterocycles. The summed E-state index contributed by atoms with van der Waals surface area (Å²) < 4.78 is 4.82. The van der Waals surface area contributed by atoms with Crippen LogP contribution >= 0.6 is 0 Å². The zero-order chi connectivity index (χ0) is 11.8. The molecule has 0 fully saturated rings. The van der Waals surface area contributed by atoms with Crippen LogP contribution in [0.15, 0.2) is 30.3 Å². The van der Waals surface area contributed by atoms with E-state index in [9.17, 15) is 9.59 Å². The lowest BCUT2D eigenvalue weighted by molar-refractivity contribution is -0.120. The SMILES string of the molecule is NCC(=O)NNC(=O)OCc1ccccc1. The largest absolute Gasteiger partial charge is 0.443 e. The molecular formula is C10H13N3O3. The third-order valence-corrected chi connectivity index (χ3v) is 1.70. The van der Waals surface area contributed by atoms with Crippen molar-refractivity contribution in [1.29, 1.82) is 0 Å². The molecule has 0 aliphatic carbocycles.